The first-order chi connectivity index (χ1) is 13.2. The second-order valence-electron chi connectivity index (χ2n) is 6.93. The maximum Gasteiger partial charge on any atom is 0.232 e. The molecule has 0 aliphatic carbocycles. The minimum atomic E-state index is 0.932. The third-order valence-corrected chi connectivity index (χ3v) is 6.40. The zero-order valence-electron chi connectivity index (χ0n) is 14.9. The minimum absolute atomic E-state index is 0.932. The van der Waals surface area contributed by atoms with Gasteiger partial charge in [-0.25, -0.2) is 4.52 Å². The van der Waals surface area contributed by atoms with Crippen molar-refractivity contribution in [1.29, 1.82) is 0 Å². The molecule has 0 unspecified atom stereocenters. The van der Waals surface area contributed by atoms with Gasteiger partial charge in [-0.15, -0.1) is 11.3 Å². The predicted octanol–water partition coefficient (Wildman–Crippen LogP) is 5.25. The number of hydrogen-bond donors (Lipinski definition) is 0. The van der Waals surface area contributed by atoms with Crippen molar-refractivity contribution in [3.05, 3.63) is 66.5 Å². The molecule has 0 bridgehead atoms. The summed E-state index contributed by atoms with van der Waals surface area (Å²) in [6.45, 7) is 2.15. The number of benzene rings is 2. The largest absolute Gasteiger partial charge is 0.456 e. The van der Waals surface area contributed by atoms with E-state index < -0.39 is 0 Å². The Morgan fingerprint density at radius 2 is 1.93 bits per heavy atom. The second-order valence-corrected chi connectivity index (χ2v) is 7.97. The number of pyridine rings is 1. The van der Waals surface area contributed by atoms with Crippen LogP contribution in [0.5, 0.6) is 0 Å². The molecule has 27 heavy (non-hydrogen) atoms. The summed E-state index contributed by atoms with van der Waals surface area (Å²) in [6, 6.07) is 16.9. The fraction of sp³-hybridized carbons (Fsp3) is 0.0909. The molecule has 0 atom stereocenters. The number of aryl methyl sites for hydroxylation is 2. The van der Waals surface area contributed by atoms with Gasteiger partial charge in [0.2, 0.25) is 5.69 Å². The molecule has 0 radical (unpaired) electrons. The van der Waals surface area contributed by atoms with Gasteiger partial charge >= 0.3 is 0 Å². The van der Waals surface area contributed by atoms with Crippen molar-refractivity contribution in [3.63, 3.8) is 0 Å². The van der Waals surface area contributed by atoms with E-state index in [9.17, 15) is 0 Å². The van der Waals surface area contributed by atoms with Crippen LogP contribution in [0.2, 0.25) is 0 Å². The second kappa shape index (κ2) is 5.18. The standard InChI is InChI=1S/C22H16N3OS/c1-13-11-19-16(14-5-3-4-6-18(14)26-19)12-15(13)21-22-17(8-10-24(21)2)25-20(27-22)7-9-23-25/h3-12H,1-2H3/q+1. The van der Waals surface area contributed by atoms with Gasteiger partial charge in [0.25, 0.3) is 0 Å². The molecular formula is C22H16N3OS+. The molecule has 0 saturated heterocycles. The molecule has 130 valence electrons. The minimum Gasteiger partial charge on any atom is -0.456 e. The molecule has 0 aliphatic rings. The van der Waals surface area contributed by atoms with Gasteiger partial charge in [-0.1, -0.05) is 18.2 Å². The summed E-state index contributed by atoms with van der Waals surface area (Å²) in [5.41, 5.74) is 6.66. The van der Waals surface area contributed by atoms with Crippen LogP contribution in [0.1, 0.15) is 5.56 Å². The SMILES string of the molecule is Cc1cc2oc3ccccc3c2cc1-c1c2sc3ccnn3c2cc[n+]1C. The summed E-state index contributed by atoms with van der Waals surface area (Å²) in [5, 5.41) is 6.79. The van der Waals surface area contributed by atoms with Crippen molar-refractivity contribution in [1.82, 2.24) is 9.61 Å². The van der Waals surface area contributed by atoms with Crippen LogP contribution in [-0.4, -0.2) is 9.61 Å². The lowest BCUT2D eigenvalue weighted by Gasteiger charge is -2.06. The molecule has 0 aliphatic heterocycles. The number of hydrogen-bond acceptors (Lipinski definition) is 3. The molecule has 0 amide bonds. The van der Waals surface area contributed by atoms with Gasteiger partial charge in [0, 0.05) is 16.8 Å². The highest BCUT2D eigenvalue weighted by atomic mass is 32.1. The zero-order chi connectivity index (χ0) is 18.1. The van der Waals surface area contributed by atoms with E-state index >= 15 is 0 Å². The fourth-order valence-corrected chi connectivity index (χ4v) is 5.16. The van der Waals surface area contributed by atoms with Crippen LogP contribution in [-0.2, 0) is 7.05 Å². The Kier molecular flexibility index (Phi) is 2.86. The Labute approximate surface area is 158 Å². The van der Waals surface area contributed by atoms with Crippen molar-refractivity contribution in [3.8, 4) is 11.3 Å². The summed E-state index contributed by atoms with van der Waals surface area (Å²) < 4.78 is 11.5. The molecular weight excluding hydrogens is 354 g/mol. The lowest BCUT2D eigenvalue weighted by molar-refractivity contribution is -0.659. The van der Waals surface area contributed by atoms with Crippen molar-refractivity contribution >= 4 is 48.3 Å². The summed E-state index contributed by atoms with van der Waals surface area (Å²) in [4.78, 5) is 1.16. The summed E-state index contributed by atoms with van der Waals surface area (Å²) in [5.74, 6) is 0. The highest BCUT2D eigenvalue weighted by molar-refractivity contribution is 7.24. The quantitative estimate of drug-likeness (QED) is 0.371. The van der Waals surface area contributed by atoms with Crippen LogP contribution in [0.4, 0.5) is 0 Å². The van der Waals surface area contributed by atoms with Crippen LogP contribution in [0, 0.1) is 6.92 Å². The maximum absolute atomic E-state index is 6.06. The molecule has 4 heterocycles. The average Bonchev–Trinajstić information content (AvgIpc) is 3.33. The molecule has 2 aromatic carbocycles. The maximum atomic E-state index is 6.06. The summed E-state index contributed by atoms with van der Waals surface area (Å²) >= 11 is 1.78. The zero-order valence-corrected chi connectivity index (χ0v) is 15.7. The van der Waals surface area contributed by atoms with Crippen molar-refractivity contribution < 1.29 is 8.98 Å². The molecule has 0 fully saturated rings. The Bertz CT molecular complexity index is 1500. The molecule has 4 aromatic heterocycles. The van der Waals surface area contributed by atoms with Crippen LogP contribution >= 0.6 is 11.3 Å². The van der Waals surface area contributed by atoms with Gasteiger partial charge in [-0.2, -0.15) is 9.67 Å². The number of thiazole rings is 1. The Balaban J connectivity index is 1.75. The van der Waals surface area contributed by atoms with Crippen LogP contribution in [0.15, 0.2) is 65.3 Å². The van der Waals surface area contributed by atoms with E-state index in [4.69, 9.17) is 4.42 Å². The van der Waals surface area contributed by atoms with E-state index in [1.165, 1.54) is 21.5 Å². The predicted molar refractivity (Wildman–Crippen MR) is 109 cm³/mol. The first-order valence-corrected chi connectivity index (χ1v) is 9.69. The van der Waals surface area contributed by atoms with E-state index in [2.05, 4.69) is 66.2 Å². The monoisotopic (exact) mass is 370 g/mol. The van der Waals surface area contributed by atoms with E-state index in [0.29, 0.717) is 0 Å². The molecule has 0 spiro atoms. The van der Waals surface area contributed by atoms with Gasteiger partial charge < -0.3 is 4.42 Å². The first kappa shape index (κ1) is 14.9. The third-order valence-electron chi connectivity index (χ3n) is 5.28. The molecule has 0 saturated carbocycles. The molecule has 5 heteroatoms. The van der Waals surface area contributed by atoms with E-state index in [0.717, 1.165) is 32.3 Å². The van der Waals surface area contributed by atoms with Gasteiger partial charge in [0.1, 0.15) is 27.7 Å². The van der Waals surface area contributed by atoms with E-state index in [1.54, 1.807) is 11.3 Å². The topological polar surface area (TPSA) is 34.3 Å². The lowest BCUT2D eigenvalue weighted by atomic mass is 10.0. The van der Waals surface area contributed by atoms with Gasteiger partial charge in [-0.05, 0) is 36.8 Å². The average molecular weight is 370 g/mol. The Morgan fingerprint density at radius 1 is 1.04 bits per heavy atom. The number of aromatic nitrogens is 3. The van der Waals surface area contributed by atoms with Crippen molar-refractivity contribution in [2.75, 3.05) is 0 Å². The van der Waals surface area contributed by atoms with Crippen LogP contribution < -0.4 is 4.57 Å². The molecule has 6 aromatic rings. The number of rotatable bonds is 1. The fourth-order valence-electron chi connectivity index (χ4n) is 3.98. The Hall–Kier alpha value is -3.18. The van der Waals surface area contributed by atoms with E-state index in [-0.39, 0.29) is 0 Å². The molecule has 6 rings (SSSR count). The summed E-state index contributed by atoms with van der Waals surface area (Å²) in [6.07, 6.45) is 3.97. The highest BCUT2D eigenvalue weighted by Crippen LogP contribution is 2.38. The van der Waals surface area contributed by atoms with Gasteiger partial charge in [0.15, 0.2) is 6.20 Å². The highest BCUT2D eigenvalue weighted by Gasteiger charge is 2.22. The summed E-state index contributed by atoms with van der Waals surface area (Å²) in [7, 11) is 2.11. The lowest BCUT2D eigenvalue weighted by Crippen LogP contribution is -2.30. The number of nitrogens with zero attached hydrogens (tertiary/aromatic N) is 3. The third kappa shape index (κ3) is 1.97. The van der Waals surface area contributed by atoms with Crippen LogP contribution in [0.25, 0.3) is 48.2 Å². The van der Waals surface area contributed by atoms with Gasteiger partial charge in [0.05, 0.1) is 17.3 Å². The smallest absolute Gasteiger partial charge is 0.232 e. The number of para-hydroxylation sites is 1. The first-order valence-electron chi connectivity index (χ1n) is 8.88. The number of fused-ring (bicyclic) bond motifs is 6. The van der Waals surface area contributed by atoms with Crippen LogP contribution in [0.3, 0.4) is 0 Å². The number of furan rings is 1. The van der Waals surface area contributed by atoms with Crippen molar-refractivity contribution in [2.24, 2.45) is 7.05 Å². The molecule has 0 N–H and O–H groups in total. The molecule has 4 nitrogen and oxygen atoms in total. The van der Waals surface area contributed by atoms with E-state index in [1.807, 2.05) is 22.8 Å². The van der Waals surface area contributed by atoms with Crippen molar-refractivity contribution in [2.45, 2.75) is 6.92 Å². The van der Waals surface area contributed by atoms with Gasteiger partial charge in [-0.3, -0.25) is 0 Å². The Morgan fingerprint density at radius 3 is 2.85 bits per heavy atom. The normalized spacial score (nSPS) is 12.1.